The largest absolute Gasteiger partial charge is 1.00 e. The van der Waals surface area contributed by atoms with Crippen LogP contribution >= 0.6 is 0 Å². The van der Waals surface area contributed by atoms with Crippen LogP contribution in [0.2, 0.25) is 0 Å². The van der Waals surface area contributed by atoms with Gasteiger partial charge in [0.15, 0.2) is 0 Å². The Kier molecular flexibility index (Phi) is 10.1. The van der Waals surface area contributed by atoms with Crippen LogP contribution in [0.5, 0.6) is 0 Å². The summed E-state index contributed by atoms with van der Waals surface area (Å²) in [6.07, 6.45) is 0. The fourth-order valence-electron chi connectivity index (χ4n) is 0. The summed E-state index contributed by atoms with van der Waals surface area (Å²) in [5, 5.41) is 0. The van der Waals surface area contributed by atoms with E-state index >= 15 is 0 Å². The van der Waals surface area contributed by atoms with Gasteiger partial charge in [0, 0.05) is 0 Å². The standard InChI is InChI=1S/Cu.H2N.H2O4S/c;;1-5(2,3)4/h;1H2;(H2,1,2,3,4)/q+1;-1;. The molecule has 0 aliphatic carbocycles. The molecule has 0 aromatic heterocycles. The smallest absolute Gasteiger partial charge is 0.693 e. The van der Waals surface area contributed by atoms with Crippen LogP contribution in [0.3, 0.4) is 0 Å². The maximum absolute atomic E-state index is 8.74. The molecule has 0 unspecified atom stereocenters. The Morgan fingerprint density at radius 1 is 1.14 bits per heavy atom. The van der Waals surface area contributed by atoms with Gasteiger partial charge in [0.2, 0.25) is 0 Å². The van der Waals surface area contributed by atoms with E-state index in [4.69, 9.17) is 17.5 Å². The zero-order valence-electron chi connectivity index (χ0n) is 3.00. The van der Waals surface area contributed by atoms with Gasteiger partial charge in [-0.05, 0) is 0 Å². The zero-order chi connectivity index (χ0) is 4.50. The summed E-state index contributed by atoms with van der Waals surface area (Å²) in [7, 11) is -4.67. The van der Waals surface area contributed by atoms with Gasteiger partial charge in [0.05, 0.1) is 0 Å². The summed E-state index contributed by atoms with van der Waals surface area (Å²) in [4.78, 5) is 0. The third-order valence-electron chi connectivity index (χ3n) is 0. The third-order valence-corrected chi connectivity index (χ3v) is 0. The van der Waals surface area contributed by atoms with Crippen LogP contribution in [-0.2, 0) is 27.5 Å². The van der Waals surface area contributed by atoms with E-state index in [0.717, 1.165) is 0 Å². The first-order valence-corrected chi connectivity index (χ1v) is 2.10. The van der Waals surface area contributed by atoms with Crippen LogP contribution in [0, 0.1) is 0 Å². The van der Waals surface area contributed by atoms with Crippen molar-refractivity contribution < 1.29 is 34.6 Å². The van der Waals surface area contributed by atoms with Gasteiger partial charge < -0.3 is 6.15 Å². The molecular weight excluding hydrogens is 174 g/mol. The maximum Gasteiger partial charge on any atom is 1.00 e. The average molecular weight is 178 g/mol. The molecule has 5 nitrogen and oxygen atoms in total. The van der Waals surface area contributed by atoms with Crippen molar-refractivity contribution in [3.63, 3.8) is 0 Å². The maximum atomic E-state index is 8.74. The topological polar surface area (TPSA) is 108 Å². The molecule has 0 saturated heterocycles. The van der Waals surface area contributed by atoms with Crippen molar-refractivity contribution in [3.05, 3.63) is 6.15 Å². The molecule has 0 spiro atoms. The molecule has 0 aliphatic heterocycles. The molecule has 4 N–H and O–H groups in total. The van der Waals surface area contributed by atoms with E-state index in [-0.39, 0.29) is 23.2 Å². The number of hydrogen-bond acceptors (Lipinski definition) is 2. The normalized spacial score (nSPS) is 8.29. The first-order chi connectivity index (χ1) is 2.00. The Hall–Kier alpha value is 0.349. The van der Waals surface area contributed by atoms with E-state index < -0.39 is 10.4 Å². The van der Waals surface area contributed by atoms with E-state index in [1.54, 1.807) is 0 Å². The summed E-state index contributed by atoms with van der Waals surface area (Å²) < 4.78 is 31.6. The van der Waals surface area contributed by atoms with Crippen LogP contribution in [0.1, 0.15) is 0 Å². The summed E-state index contributed by atoms with van der Waals surface area (Å²) in [5.74, 6) is 0. The Morgan fingerprint density at radius 2 is 1.14 bits per heavy atom. The van der Waals surface area contributed by atoms with Crippen molar-refractivity contribution in [2.24, 2.45) is 0 Å². The molecule has 7 heteroatoms. The van der Waals surface area contributed by atoms with Gasteiger partial charge >= 0.3 is 27.5 Å². The molecule has 0 rings (SSSR count). The van der Waals surface area contributed by atoms with Crippen molar-refractivity contribution in [1.82, 2.24) is 0 Å². The Labute approximate surface area is 51.7 Å². The predicted octanol–water partition coefficient (Wildman–Crippen LogP) is 0.0618. The SMILES string of the molecule is O=S(=O)(O)O.[Cu+].[NH2-]. The minimum absolute atomic E-state index is 0. The number of rotatable bonds is 0. The van der Waals surface area contributed by atoms with Crippen molar-refractivity contribution >= 4 is 10.4 Å². The molecular formula is H4CuNO4S. The fourth-order valence-corrected chi connectivity index (χ4v) is 0. The molecule has 0 heterocycles. The molecule has 0 aromatic rings. The minimum atomic E-state index is -4.67. The van der Waals surface area contributed by atoms with Crippen LogP contribution in [0.4, 0.5) is 0 Å². The van der Waals surface area contributed by atoms with E-state index in [1.807, 2.05) is 0 Å². The van der Waals surface area contributed by atoms with Crippen molar-refractivity contribution in [2.45, 2.75) is 0 Å². The van der Waals surface area contributed by atoms with Gasteiger partial charge in [-0.25, -0.2) is 0 Å². The molecule has 0 atom stereocenters. The summed E-state index contributed by atoms with van der Waals surface area (Å²) in [6, 6.07) is 0. The van der Waals surface area contributed by atoms with Crippen LogP contribution in [0.25, 0.3) is 6.15 Å². The Bertz CT molecular complexity index is 94.9. The van der Waals surface area contributed by atoms with Gasteiger partial charge in [-0.1, -0.05) is 0 Å². The molecule has 0 aromatic carbocycles. The van der Waals surface area contributed by atoms with Gasteiger partial charge in [0.25, 0.3) is 0 Å². The molecule has 0 bridgehead atoms. The molecule has 0 radical (unpaired) electrons. The van der Waals surface area contributed by atoms with Crippen molar-refractivity contribution in [2.75, 3.05) is 0 Å². The van der Waals surface area contributed by atoms with Crippen molar-refractivity contribution in [3.8, 4) is 0 Å². The van der Waals surface area contributed by atoms with E-state index in [1.165, 1.54) is 0 Å². The number of hydrogen-bond donors (Lipinski definition) is 2. The molecule has 0 aliphatic rings. The summed E-state index contributed by atoms with van der Waals surface area (Å²) in [5.41, 5.74) is 0. The monoisotopic (exact) mass is 177 g/mol. The predicted molar refractivity (Wildman–Crippen MR) is 19.5 cm³/mol. The van der Waals surface area contributed by atoms with Crippen LogP contribution in [-0.4, -0.2) is 17.5 Å². The van der Waals surface area contributed by atoms with E-state index in [9.17, 15) is 0 Å². The number of nitrogens with two attached hydrogens (primary N) is 1. The molecule has 50 valence electrons. The van der Waals surface area contributed by atoms with E-state index in [0.29, 0.717) is 0 Å². The third kappa shape index (κ3) is 983. The average Bonchev–Trinajstić information content (AvgIpc) is 0.722. The fraction of sp³-hybridized carbons (Fsp3) is 0. The Balaban J connectivity index is -0.0000000800. The van der Waals surface area contributed by atoms with Crippen LogP contribution < -0.4 is 0 Å². The molecule has 7 heavy (non-hydrogen) atoms. The van der Waals surface area contributed by atoms with Gasteiger partial charge in [-0.15, -0.1) is 0 Å². The second-order valence-corrected chi connectivity index (χ2v) is 1.34. The minimum Gasteiger partial charge on any atom is -0.693 e. The van der Waals surface area contributed by atoms with Gasteiger partial charge in [-0.3, -0.25) is 9.11 Å². The molecule has 0 fully saturated rings. The summed E-state index contributed by atoms with van der Waals surface area (Å²) >= 11 is 0. The van der Waals surface area contributed by atoms with E-state index in [2.05, 4.69) is 0 Å². The zero-order valence-corrected chi connectivity index (χ0v) is 4.76. The van der Waals surface area contributed by atoms with Gasteiger partial charge in [0.1, 0.15) is 0 Å². The second kappa shape index (κ2) is 4.51. The molecule has 0 amide bonds. The van der Waals surface area contributed by atoms with Gasteiger partial charge in [-0.2, -0.15) is 8.42 Å². The van der Waals surface area contributed by atoms with Crippen LogP contribution in [0.15, 0.2) is 0 Å². The summed E-state index contributed by atoms with van der Waals surface area (Å²) in [6.45, 7) is 0. The Morgan fingerprint density at radius 3 is 1.14 bits per heavy atom. The molecule has 0 saturated carbocycles. The van der Waals surface area contributed by atoms with Crippen molar-refractivity contribution in [1.29, 1.82) is 0 Å². The first kappa shape index (κ1) is 15.7. The quantitative estimate of drug-likeness (QED) is 0.403. The second-order valence-electron chi connectivity index (χ2n) is 0.448. The first-order valence-electron chi connectivity index (χ1n) is 0.698.